The van der Waals surface area contributed by atoms with Crippen molar-refractivity contribution in [1.82, 2.24) is 10.2 Å². The number of thioether (sulfide) groups is 1. The van der Waals surface area contributed by atoms with Gasteiger partial charge >= 0.3 is 0 Å². The minimum Gasteiger partial charge on any atom is -0.361 e. The normalized spacial score (nSPS) is 32.6. The van der Waals surface area contributed by atoms with Gasteiger partial charge in [0.2, 0.25) is 0 Å². The van der Waals surface area contributed by atoms with Crippen molar-refractivity contribution in [2.45, 2.75) is 32.7 Å². The molecule has 0 radical (unpaired) electrons. The maximum Gasteiger partial charge on any atom is 0.156 e. The number of nitrogens with one attached hydrogen (secondary N) is 1. The molecule has 0 amide bonds. The lowest BCUT2D eigenvalue weighted by atomic mass is 10.1. The molecular formula is C13H25N3S. The van der Waals surface area contributed by atoms with Gasteiger partial charge < -0.3 is 10.2 Å². The Morgan fingerprint density at radius 2 is 2.35 bits per heavy atom. The molecule has 2 atom stereocenters. The third-order valence-electron chi connectivity index (χ3n) is 3.49. The highest BCUT2D eigenvalue weighted by atomic mass is 32.2. The van der Waals surface area contributed by atoms with Gasteiger partial charge in [-0.1, -0.05) is 25.6 Å². The summed E-state index contributed by atoms with van der Waals surface area (Å²) in [4.78, 5) is 7.14. The number of hydrogen-bond donors (Lipinski definition) is 1. The first kappa shape index (κ1) is 13.2. The van der Waals surface area contributed by atoms with Crippen LogP contribution in [0.1, 0.15) is 26.7 Å². The predicted molar refractivity (Wildman–Crippen MR) is 76.7 cm³/mol. The van der Waals surface area contributed by atoms with E-state index in [2.05, 4.69) is 31.1 Å². The summed E-state index contributed by atoms with van der Waals surface area (Å²) in [5.41, 5.74) is 0. The largest absolute Gasteiger partial charge is 0.361 e. The Morgan fingerprint density at radius 1 is 1.53 bits per heavy atom. The van der Waals surface area contributed by atoms with Crippen molar-refractivity contribution >= 4 is 16.9 Å². The van der Waals surface area contributed by atoms with Gasteiger partial charge in [0.05, 0.1) is 0 Å². The molecule has 2 aliphatic rings. The Hall–Kier alpha value is -0.220. The van der Waals surface area contributed by atoms with E-state index in [-0.39, 0.29) is 0 Å². The van der Waals surface area contributed by atoms with Gasteiger partial charge in [0.15, 0.2) is 5.17 Å². The number of rotatable bonds is 4. The maximum absolute atomic E-state index is 4.74. The summed E-state index contributed by atoms with van der Waals surface area (Å²) in [6, 6.07) is 0.644. The van der Waals surface area contributed by atoms with Crippen molar-refractivity contribution in [3.8, 4) is 0 Å². The molecule has 2 saturated heterocycles. The van der Waals surface area contributed by atoms with Gasteiger partial charge in [-0.3, -0.25) is 4.99 Å². The van der Waals surface area contributed by atoms with Crippen LogP contribution in [0.4, 0.5) is 0 Å². The van der Waals surface area contributed by atoms with Crippen molar-refractivity contribution in [3.63, 3.8) is 0 Å². The van der Waals surface area contributed by atoms with Crippen molar-refractivity contribution < 1.29 is 0 Å². The molecule has 2 aliphatic heterocycles. The fourth-order valence-electron chi connectivity index (χ4n) is 2.61. The van der Waals surface area contributed by atoms with Crippen molar-refractivity contribution in [3.05, 3.63) is 0 Å². The third kappa shape index (κ3) is 4.18. The molecule has 0 aliphatic carbocycles. The highest BCUT2D eigenvalue weighted by Gasteiger charge is 2.22. The first-order chi connectivity index (χ1) is 8.13. The first-order valence-corrected chi connectivity index (χ1v) is 7.74. The van der Waals surface area contributed by atoms with Crippen LogP contribution in [-0.4, -0.2) is 48.5 Å². The molecule has 0 saturated carbocycles. The smallest absolute Gasteiger partial charge is 0.156 e. The molecule has 0 spiro atoms. The minimum absolute atomic E-state index is 0.644. The monoisotopic (exact) mass is 255 g/mol. The highest BCUT2D eigenvalue weighted by molar-refractivity contribution is 8.14. The van der Waals surface area contributed by atoms with Crippen molar-refractivity contribution in [2.75, 3.05) is 32.4 Å². The molecule has 2 rings (SSSR count). The van der Waals surface area contributed by atoms with Crippen molar-refractivity contribution in [1.29, 1.82) is 0 Å². The van der Waals surface area contributed by atoms with Crippen LogP contribution < -0.4 is 5.32 Å². The Kier molecular flexibility index (Phi) is 4.74. The summed E-state index contributed by atoms with van der Waals surface area (Å²) < 4.78 is 0. The van der Waals surface area contributed by atoms with Gasteiger partial charge in [-0.2, -0.15) is 0 Å². The fraction of sp³-hybridized carbons (Fsp3) is 0.923. The molecule has 0 aromatic carbocycles. The van der Waals surface area contributed by atoms with E-state index in [0.717, 1.165) is 18.4 Å². The van der Waals surface area contributed by atoms with Gasteiger partial charge in [0.25, 0.3) is 0 Å². The van der Waals surface area contributed by atoms with Crippen LogP contribution in [0.15, 0.2) is 4.99 Å². The van der Waals surface area contributed by atoms with Gasteiger partial charge in [-0.25, -0.2) is 0 Å². The number of likely N-dealkylation sites (tertiary alicyclic amines) is 1. The average Bonchev–Trinajstić information content (AvgIpc) is 2.84. The predicted octanol–water partition coefficient (Wildman–Crippen LogP) is 2.05. The Morgan fingerprint density at radius 3 is 3.00 bits per heavy atom. The van der Waals surface area contributed by atoms with E-state index in [1.165, 1.54) is 36.9 Å². The summed E-state index contributed by atoms with van der Waals surface area (Å²) in [6.07, 6.45) is 2.57. The van der Waals surface area contributed by atoms with E-state index in [1.54, 1.807) is 0 Å². The van der Waals surface area contributed by atoms with Gasteiger partial charge in [-0.05, 0) is 38.3 Å². The summed E-state index contributed by atoms with van der Waals surface area (Å²) in [7, 11) is 2.20. The molecule has 2 heterocycles. The van der Waals surface area contributed by atoms with E-state index >= 15 is 0 Å². The average molecular weight is 255 g/mol. The van der Waals surface area contributed by atoms with Crippen LogP contribution in [0.3, 0.4) is 0 Å². The molecular weight excluding hydrogens is 230 g/mol. The first-order valence-electron chi connectivity index (χ1n) is 6.76. The van der Waals surface area contributed by atoms with Gasteiger partial charge in [-0.15, -0.1) is 0 Å². The third-order valence-corrected chi connectivity index (χ3v) is 4.58. The number of aliphatic imine (C=N–C) groups is 1. The number of amidine groups is 1. The van der Waals surface area contributed by atoms with E-state index in [4.69, 9.17) is 4.99 Å². The van der Waals surface area contributed by atoms with E-state index < -0.39 is 0 Å². The van der Waals surface area contributed by atoms with Crippen molar-refractivity contribution in [2.24, 2.45) is 16.8 Å². The second kappa shape index (κ2) is 6.10. The standard InChI is InChI=1S/C13H25N3S/c1-10(2)6-12-9-17-13(15-12)14-7-11-4-5-16(3)8-11/h10-12H,4-9H2,1-3H3,(H,14,15). The summed E-state index contributed by atoms with van der Waals surface area (Å²) in [6.45, 7) is 8.04. The lowest BCUT2D eigenvalue weighted by molar-refractivity contribution is 0.397. The topological polar surface area (TPSA) is 27.6 Å². The molecule has 17 heavy (non-hydrogen) atoms. The SMILES string of the molecule is CC(C)CC1CSC(=NCC2CCN(C)C2)N1. The van der Waals surface area contributed by atoms with E-state index in [1.807, 2.05) is 11.8 Å². The lowest BCUT2D eigenvalue weighted by Crippen LogP contribution is -2.28. The molecule has 0 bridgehead atoms. The van der Waals surface area contributed by atoms with Crippen LogP contribution in [0.2, 0.25) is 0 Å². The molecule has 2 fully saturated rings. The second-order valence-corrected chi connectivity index (χ2v) is 6.85. The zero-order valence-corrected chi connectivity index (χ0v) is 12.1. The number of hydrogen-bond acceptors (Lipinski definition) is 3. The minimum atomic E-state index is 0.644. The Bertz CT molecular complexity index is 278. The molecule has 3 nitrogen and oxygen atoms in total. The Labute approximate surface area is 109 Å². The van der Waals surface area contributed by atoms with E-state index in [0.29, 0.717) is 6.04 Å². The van der Waals surface area contributed by atoms with E-state index in [9.17, 15) is 0 Å². The van der Waals surface area contributed by atoms with Gasteiger partial charge in [0.1, 0.15) is 0 Å². The second-order valence-electron chi connectivity index (χ2n) is 5.84. The molecule has 2 unspecified atom stereocenters. The van der Waals surface area contributed by atoms with Crippen LogP contribution in [0.25, 0.3) is 0 Å². The van der Waals surface area contributed by atoms with Crippen LogP contribution in [0.5, 0.6) is 0 Å². The Balaban J connectivity index is 1.72. The summed E-state index contributed by atoms with van der Waals surface area (Å²) in [5, 5.41) is 4.74. The fourth-order valence-corrected chi connectivity index (χ4v) is 3.61. The maximum atomic E-state index is 4.74. The lowest BCUT2D eigenvalue weighted by Gasteiger charge is -2.12. The van der Waals surface area contributed by atoms with Crippen LogP contribution >= 0.6 is 11.8 Å². The highest BCUT2D eigenvalue weighted by Crippen LogP contribution is 2.20. The molecule has 0 aromatic rings. The molecule has 98 valence electrons. The quantitative estimate of drug-likeness (QED) is 0.833. The molecule has 0 aromatic heterocycles. The molecule has 1 N–H and O–H groups in total. The molecule has 4 heteroatoms. The van der Waals surface area contributed by atoms with Crippen LogP contribution in [0, 0.1) is 11.8 Å². The zero-order valence-electron chi connectivity index (χ0n) is 11.3. The number of nitrogens with zero attached hydrogens (tertiary/aromatic N) is 2. The zero-order chi connectivity index (χ0) is 12.3. The van der Waals surface area contributed by atoms with Gasteiger partial charge in [0, 0.05) is 24.9 Å². The summed E-state index contributed by atoms with van der Waals surface area (Å²) >= 11 is 1.90. The summed E-state index contributed by atoms with van der Waals surface area (Å²) in [5.74, 6) is 2.75. The van der Waals surface area contributed by atoms with Crippen LogP contribution in [-0.2, 0) is 0 Å².